The van der Waals surface area contributed by atoms with E-state index in [1.807, 2.05) is 0 Å². The molecule has 0 amide bonds. The fraction of sp³-hybridized carbons (Fsp3) is 0. The molecule has 0 aliphatic carbocycles. The van der Waals surface area contributed by atoms with E-state index in [9.17, 15) is 28.6 Å². The molecule has 0 aliphatic rings. The Kier molecular flexibility index (Phi) is 5.41. The molecular formula is C18H14N4O6S. The van der Waals surface area contributed by atoms with Crippen LogP contribution in [0.4, 0.5) is 28.4 Å². The lowest BCUT2D eigenvalue weighted by atomic mass is 10.2. The Balaban J connectivity index is 1.79. The van der Waals surface area contributed by atoms with Crippen molar-refractivity contribution in [2.24, 2.45) is 0 Å². The van der Waals surface area contributed by atoms with E-state index in [2.05, 4.69) is 10.0 Å². The monoisotopic (exact) mass is 414 g/mol. The average molecular weight is 414 g/mol. The summed E-state index contributed by atoms with van der Waals surface area (Å²) in [6.07, 6.45) is 0. The summed E-state index contributed by atoms with van der Waals surface area (Å²) < 4.78 is 27.1. The third-order valence-corrected chi connectivity index (χ3v) is 5.26. The Morgan fingerprint density at radius 3 is 1.97 bits per heavy atom. The summed E-state index contributed by atoms with van der Waals surface area (Å²) in [5.41, 5.74) is -0.0404. The van der Waals surface area contributed by atoms with Gasteiger partial charge in [-0.05, 0) is 42.5 Å². The highest BCUT2D eigenvalue weighted by atomic mass is 32.2. The summed E-state index contributed by atoms with van der Waals surface area (Å²) in [6, 6.07) is 17.1. The van der Waals surface area contributed by atoms with E-state index in [4.69, 9.17) is 0 Å². The number of nitro groups is 2. The van der Waals surface area contributed by atoms with Crippen LogP contribution in [0, 0.1) is 20.2 Å². The van der Waals surface area contributed by atoms with Crippen molar-refractivity contribution in [1.82, 2.24) is 0 Å². The molecule has 148 valence electrons. The minimum atomic E-state index is -3.74. The molecule has 29 heavy (non-hydrogen) atoms. The van der Waals surface area contributed by atoms with Crippen LogP contribution in [0.15, 0.2) is 77.7 Å². The molecule has 3 aromatic carbocycles. The highest BCUT2D eigenvalue weighted by molar-refractivity contribution is 7.92. The quantitative estimate of drug-likeness (QED) is 0.438. The number of benzene rings is 3. The van der Waals surface area contributed by atoms with Crippen LogP contribution in [0.3, 0.4) is 0 Å². The molecule has 3 rings (SSSR count). The molecule has 2 N–H and O–H groups in total. The van der Waals surface area contributed by atoms with Gasteiger partial charge in [0, 0.05) is 17.4 Å². The summed E-state index contributed by atoms with van der Waals surface area (Å²) >= 11 is 0. The molecule has 3 aromatic rings. The molecule has 0 saturated heterocycles. The van der Waals surface area contributed by atoms with Crippen LogP contribution in [-0.4, -0.2) is 18.3 Å². The minimum Gasteiger partial charge on any atom is -0.350 e. The molecule has 0 fully saturated rings. The third-order valence-electron chi connectivity index (χ3n) is 3.86. The van der Waals surface area contributed by atoms with Gasteiger partial charge in [-0.3, -0.25) is 25.0 Å². The molecule has 0 unspecified atom stereocenters. The van der Waals surface area contributed by atoms with Gasteiger partial charge in [0.25, 0.3) is 21.4 Å². The second-order valence-electron chi connectivity index (χ2n) is 5.84. The Bertz CT molecular complexity index is 1160. The predicted octanol–water partition coefficient (Wildman–Crippen LogP) is 4.05. The second-order valence-corrected chi connectivity index (χ2v) is 7.52. The first-order valence-electron chi connectivity index (χ1n) is 8.14. The minimum absolute atomic E-state index is 0.0678. The van der Waals surface area contributed by atoms with Crippen LogP contribution < -0.4 is 10.0 Å². The fourth-order valence-electron chi connectivity index (χ4n) is 2.48. The molecule has 0 heterocycles. The fourth-order valence-corrected chi connectivity index (χ4v) is 3.56. The number of hydrogen-bond acceptors (Lipinski definition) is 7. The summed E-state index contributed by atoms with van der Waals surface area (Å²) in [5, 5.41) is 24.8. The van der Waals surface area contributed by atoms with Crippen LogP contribution >= 0.6 is 0 Å². The van der Waals surface area contributed by atoms with E-state index in [1.165, 1.54) is 42.5 Å². The van der Waals surface area contributed by atoms with E-state index in [-0.39, 0.29) is 10.6 Å². The maximum Gasteiger partial charge on any atom is 0.299 e. The van der Waals surface area contributed by atoms with Crippen molar-refractivity contribution >= 4 is 38.5 Å². The van der Waals surface area contributed by atoms with Gasteiger partial charge in [0.2, 0.25) is 0 Å². The number of nitrogens with one attached hydrogen (secondary N) is 2. The Labute approximate surface area is 165 Å². The summed E-state index contributed by atoms with van der Waals surface area (Å²) in [6.45, 7) is 0. The van der Waals surface area contributed by atoms with Crippen LogP contribution in [-0.2, 0) is 10.0 Å². The van der Waals surface area contributed by atoms with Crippen molar-refractivity contribution in [3.8, 4) is 0 Å². The zero-order valence-corrected chi connectivity index (χ0v) is 15.5. The summed E-state index contributed by atoms with van der Waals surface area (Å²) in [5.74, 6) is 0. The number of anilines is 3. The van der Waals surface area contributed by atoms with Gasteiger partial charge in [-0.15, -0.1) is 0 Å². The number of hydrogen-bond donors (Lipinski definition) is 2. The number of sulfonamides is 1. The molecule has 0 bridgehead atoms. The van der Waals surface area contributed by atoms with Crippen molar-refractivity contribution < 1.29 is 18.3 Å². The lowest BCUT2D eigenvalue weighted by Crippen LogP contribution is -2.12. The zero-order valence-electron chi connectivity index (χ0n) is 14.7. The van der Waals surface area contributed by atoms with Gasteiger partial charge in [0.05, 0.1) is 20.8 Å². The predicted molar refractivity (Wildman–Crippen MR) is 107 cm³/mol. The van der Waals surface area contributed by atoms with Crippen LogP contribution in [0.5, 0.6) is 0 Å². The Morgan fingerprint density at radius 1 is 0.759 bits per heavy atom. The Hall–Kier alpha value is -3.99. The van der Waals surface area contributed by atoms with Crippen molar-refractivity contribution in [2.75, 3.05) is 10.0 Å². The number of non-ortho nitro benzene ring substituents is 1. The first-order chi connectivity index (χ1) is 13.8. The third kappa shape index (κ3) is 4.65. The van der Waals surface area contributed by atoms with Crippen molar-refractivity contribution in [3.63, 3.8) is 0 Å². The molecular weight excluding hydrogens is 400 g/mol. The van der Waals surface area contributed by atoms with Crippen LogP contribution in [0.1, 0.15) is 0 Å². The lowest BCUT2D eigenvalue weighted by Gasteiger charge is -2.10. The van der Waals surface area contributed by atoms with E-state index < -0.39 is 31.2 Å². The smallest absolute Gasteiger partial charge is 0.299 e. The van der Waals surface area contributed by atoms with Gasteiger partial charge in [-0.25, -0.2) is 8.42 Å². The normalized spacial score (nSPS) is 10.9. The first kappa shape index (κ1) is 19.8. The van der Waals surface area contributed by atoms with Crippen molar-refractivity contribution in [1.29, 1.82) is 0 Å². The van der Waals surface area contributed by atoms with E-state index in [0.717, 1.165) is 12.1 Å². The molecule has 10 nitrogen and oxygen atoms in total. The van der Waals surface area contributed by atoms with Crippen LogP contribution in [0.2, 0.25) is 0 Å². The number of rotatable bonds is 7. The van der Waals surface area contributed by atoms with Gasteiger partial charge >= 0.3 is 0 Å². The second kappa shape index (κ2) is 7.94. The lowest BCUT2D eigenvalue weighted by molar-refractivity contribution is -0.393. The molecule has 0 radical (unpaired) electrons. The Morgan fingerprint density at radius 2 is 1.38 bits per heavy atom. The van der Waals surface area contributed by atoms with E-state index in [0.29, 0.717) is 11.4 Å². The van der Waals surface area contributed by atoms with Gasteiger partial charge < -0.3 is 5.32 Å². The topological polar surface area (TPSA) is 144 Å². The van der Waals surface area contributed by atoms with Crippen molar-refractivity contribution in [3.05, 3.63) is 93.0 Å². The zero-order chi connectivity index (χ0) is 21.0. The van der Waals surface area contributed by atoms with Gasteiger partial charge in [-0.1, -0.05) is 18.2 Å². The molecule has 0 saturated carbocycles. The van der Waals surface area contributed by atoms with E-state index >= 15 is 0 Å². The molecule has 0 spiro atoms. The summed E-state index contributed by atoms with van der Waals surface area (Å²) in [4.78, 5) is 20.7. The summed E-state index contributed by atoms with van der Waals surface area (Å²) in [7, 11) is -3.74. The standard InChI is InChI=1S/C18H14N4O6S/c23-21(24)15-10-11-17(18(12-15)22(25)26)19-13-6-8-14(9-7-13)20-29(27,28)16-4-2-1-3-5-16/h1-12,19-20H. The maximum atomic E-state index is 12.3. The number of nitrogens with zero attached hydrogens (tertiary/aromatic N) is 2. The average Bonchev–Trinajstić information content (AvgIpc) is 2.70. The first-order valence-corrected chi connectivity index (χ1v) is 9.62. The molecule has 0 atom stereocenters. The van der Waals surface area contributed by atoms with Crippen molar-refractivity contribution in [2.45, 2.75) is 4.90 Å². The largest absolute Gasteiger partial charge is 0.350 e. The molecule has 11 heteroatoms. The SMILES string of the molecule is O=[N+]([O-])c1ccc(Nc2ccc(NS(=O)(=O)c3ccccc3)cc2)c([N+](=O)[O-])c1. The highest BCUT2D eigenvalue weighted by Crippen LogP contribution is 2.31. The molecule has 0 aliphatic heterocycles. The van der Waals surface area contributed by atoms with Gasteiger partial charge in [0.1, 0.15) is 5.69 Å². The maximum absolute atomic E-state index is 12.3. The van der Waals surface area contributed by atoms with Gasteiger partial charge in [0.15, 0.2) is 0 Å². The molecule has 0 aromatic heterocycles. The van der Waals surface area contributed by atoms with E-state index in [1.54, 1.807) is 18.2 Å². The van der Waals surface area contributed by atoms with Crippen LogP contribution in [0.25, 0.3) is 0 Å². The van der Waals surface area contributed by atoms with Gasteiger partial charge in [-0.2, -0.15) is 0 Å². The highest BCUT2D eigenvalue weighted by Gasteiger charge is 2.19. The number of nitro benzene ring substituents is 2.